The van der Waals surface area contributed by atoms with Crippen LogP contribution in [-0.2, 0) is 6.42 Å². The molecule has 0 aliphatic rings. The van der Waals surface area contributed by atoms with Gasteiger partial charge in [-0.2, -0.15) is 0 Å². The summed E-state index contributed by atoms with van der Waals surface area (Å²) in [4.78, 5) is 6.69. The maximum absolute atomic E-state index is 5.57. The Morgan fingerprint density at radius 3 is 2.75 bits per heavy atom. The van der Waals surface area contributed by atoms with E-state index < -0.39 is 0 Å². The van der Waals surface area contributed by atoms with E-state index in [0.29, 0.717) is 6.04 Å². The Bertz CT molecular complexity index is 259. The Morgan fingerprint density at radius 1 is 1.50 bits per heavy atom. The summed E-state index contributed by atoms with van der Waals surface area (Å²) in [7, 11) is 0. The van der Waals surface area contributed by atoms with E-state index in [2.05, 4.69) is 29.2 Å². The second kappa shape index (κ2) is 7.73. The number of aromatic nitrogens is 1. The highest BCUT2D eigenvalue weighted by molar-refractivity contribution is 7.09. The lowest BCUT2D eigenvalue weighted by Crippen LogP contribution is -2.39. The van der Waals surface area contributed by atoms with Crippen molar-refractivity contribution in [1.82, 2.24) is 15.3 Å². The number of nitrogens with two attached hydrogens (primary N) is 1. The van der Waals surface area contributed by atoms with E-state index in [4.69, 9.17) is 5.84 Å². The first-order valence-corrected chi connectivity index (χ1v) is 6.74. The molecule has 92 valence electrons. The zero-order valence-corrected chi connectivity index (χ0v) is 11.0. The monoisotopic (exact) mass is 242 g/mol. The summed E-state index contributed by atoms with van der Waals surface area (Å²) < 4.78 is 0. The maximum atomic E-state index is 5.57. The summed E-state index contributed by atoms with van der Waals surface area (Å²) in [5.74, 6) is 5.57. The highest BCUT2D eigenvalue weighted by atomic mass is 32.1. The number of hydrogen-bond donors (Lipinski definition) is 2. The molecule has 3 N–H and O–H groups in total. The van der Waals surface area contributed by atoms with Crippen molar-refractivity contribution >= 4 is 11.3 Å². The number of hydrogen-bond acceptors (Lipinski definition) is 5. The van der Waals surface area contributed by atoms with Crippen LogP contribution in [0.25, 0.3) is 0 Å². The number of hydrazine groups is 1. The normalized spacial score (nSPS) is 13.2. The van der Waals surface area contributed by atoms with Crippen LogP contribution < -0.4 is 11.3 Å². The molecule has 0 amide bonds. The van der Waals surface area contributed by atoms with Gasteiger partial charge in [0, 0.05) is 24.0 Å². The molecule has 0 aliphatic heterocycles. The summed E-state index contributed by atoms with van der Waals surface area (Å²) in [5.41, 5.74) is 2.88. The van der Waals surface area contributed by atoms with Gasteiger partial charge < -0.3 is 4.90 Å². The largest absolute Gasteiger partial charge is 0.304 e. The van der Waals surface area contributed by atoms with Crippen LogP contribution in [0.1, 0.15) is 25.3 Å². The van der Waals surface area contributed by atoms with Gasteiger partial charge in [-0.25, -0.2) is 4.98 Å². The van der Waals surface area contributed by atoms with E-state index in [1.807, 2.05) is 11.6 Å². The van der Waals surface area contributed by atoms with Crippen molar-refractivity contribution in [1.29, 1.82) is 0 Å². The van der Waals surface area contributed by atoms with Crippen molar-refractivity contribution in [2.45, 2.75) is 32.7 Å². The van der Waals surface area contributed by atoms with Crippen LogP contribution in [0.2, 0.25) is 0 Å². The molecule has 0 spiro atoms. The lowest BCUT2D eigenvalue weighted by Gasteiger charge is -2.21. The van der Waals surface area contributed by atoms with Crippen LogP contribution in [0.3, 0.4) is 0 Å². The predicted octanol–water partition coefficient (Wildman–Crippen LogP) is 1.25. The summed E-state index contributed by atoms with van der Waals surface area (Å²) in [6, 6.07) is 0.326. The van der Waals surface area contributed by atoms with Gasteiger partial charge in [0.1, 0.15) is 0 Å². The second-order valence-electron chi connectivity index (χ2n) is 3.81. The minimum Gasteiger partial charge on any atom is -0.304 e. The summed E-state index contributed by atoms with van der Waals surface area (Å²) in [6.07, 6.45) is 3.84. The average Bonchev–Trinajstić information content (AvgIpc) is 2.81. The van der Waals surface area contributed by atoms with Gasteiger partial charge in [-0.1, -0.05) is 13.8 Å². The van der Waals surface area contributed by atoms with Gasteiger partial charge in [0.15, 0.2) is 0 Å². The summed E-state index contributed by atoms with van der Waals surface area (Å²) >= 11 is 1.69. The van der Waals surface area contributed by atoms with E-state index in [1.54, 1.807) is 11.3 Å². The number of thiazole rings is 1. The Kier molecular flexibility index (Phi) is 6.56. The quantitative estimate of drug-likeness (QED) is 0.532. The van der Waals surface area contributed by atoms with E-state index in [-0.39, 0.29) is 0 Å². The number of rotatable bonds is 8. The Hall–Kier alpha value is -0.490. The van der Waals surface area contributed by atoms with Crippen LogP contribution in [0.4, 0.5) is 0 Å². The fourth-order valence-corrected chi connectivity index (χ4v) is 2.39. The molecule has 5 heteroatoms. The lowest BCUT2D eigenvalue weighted by atomic mass is 10.1. The highest BCUT2D eigenvalue weighted by Crippen LogP contribution is 2.09. The first-order chi connectivity index (χ1) is 7.80. The van der Waals surface area contributed by atoms with Gasteiger partial charge in [-0.05, 0) is 26.1 Å². The van der Waals surface area contributed by atoms with Gasteiger partial charge in [-0.15, -0.1) is 11.3 Å². The molecule has 1 heterocycles. The van der Waals surface area contributed by atoms with Gasteiger partial charge >= 0.3 is 0 Å². The zero-order chi connectivity index (χ0) is 11.8. The van der Waals surface area contributed by atoms with Crippen molar-refractivity contribution in [3.8, 4) is 0 Å². The van der Waals surface area contributed by atoms with E-state index in [1.165, 1.54) is 0 Å². The molecule has 0 aliphatic carbocycles. The van der Waals surface area contributed by atoms with Crippen LogP contribution >= 0.6 is 11.3 Å². The molecule has 0 saturated carbocycles. The molecule has 1 aromatic rings. The number of nitrogens with zero attached hydrogens (tertiary/aromatic N) is 2. The molecule has 0 aromatic carbocycles. The highest BCUT2D eigenvalue weighted by Gasteiger charge is 2.10. The minimum atomic E-state index is 0.326. The molecule has 0 bridgehead atoms. The van der Waals surface area contributed by atoms with Crippen molar-refractivity contribution in [3.63, 3.8) is 0 Å². The molecule has 0 radical (unpaired) electrons. The van der Waals surface area contributed by atoms with Crippen LogP contribution in [0, 0.1) is 0 Å². The van der Waals surface area contributed by atoms with Crippen molar-refractivity contribution < 1.29 is 0 Å². The van der Waals surface area contributed by atoms with E-state index >= 15 is 0 Å². The Labute approximate surface area is 102 Å². The minimum absolute atomic E-state index is 0.326. The molecule has 4 nitrogen and oxygen atoms in total. The molecular weight excluding hydrogens is 220 g/mol. The molecule has 0 saturated heterocycles. The molecule has 16 heavy (non-hydrogen) atoms. The predicted molar refractivity (Wildman–Crippen MR) is 69.3 cm³/mol. The summed E-state index contributed by atoms with van der Waals surface area (Å²) in [5, 5.41) is 3.16. The molecule has 1 rings (SSSR count). The topological polar surface area (TPSA) is 54.2 Å². The molecule has 1 aromatic heterocycles. The third-order valence-electron chi connectivity index (χ3n) is 2.83. The SMILES string of the molecule is CCN(CC)CCC(Cc1nccs1)NN. The fraction of sp³-hybridized carbons (Fsp3) is 0.727. The van der Waals surface area contributed by atoms with Crippen LogP contribution in [0.5, 0.6) is 0 Å². The molecule has 1 unspecified atom stereocenters. The second-order valence-corrected chi connectivity index (χ2v) is 4.79. The van der Waals surface area contributed by atoms with Gasteiger partial charge in [0.25, 0.3) is 0 Å². The number of nitrogens with one attached hydrogen (secondary N) is 1. The Morgan fingerprint density at radius 2 is 2.25 bits per heavy atom. The smallest absolute Gasteiger partial charge is 0.0940 e. The zero-order valence-electron chi connectivity index (χ0n) is 10.1. The van der Waals surface area contributed by atoms with Crippen LogP contribution in [0.15, 0.2) is 11.6 Å². The van der Waals surface area contributed by atoms with E-state index in [0.717, 1.165) is 37.5 Å². The van der Waals surface area contributed by atoms with E-state index in [9.17, 15) is 0 Å². The van der Waals surface area contributed by atoms with Gasteiger partial charge in [0.05, 0.1) is 5.01 Å². The third-order valence-corrected chi connectivity index (χ3v) is 3.63. The maximum Gasteiger partial charge on any atom is 0.0940 e. The Balaban J connectivity index is 2.31. The van der Waals surface area contributed by atoms with Crippen LogP contribution in [-0.4, -0.2) is 35.6 Å². The summed E-state index contributed by atoms with van der Waals surface area (Å²) in [6.45, 7) is 7.67. The van der Waals surface area contributed by atoms with Gasteiger partial charge in [0.2, 0.25) is 0 Å². The molecular formula is C11H22N4S. The van der Waals surface area contributed by atoms with Crippen molar-refractivity contribution in [2.75, 3.05) is 19.6 Å². The van der Waals surface area contributed by atoms with Gasteiger partial charge in [-0.3, -0.25) is 11.3 Å². The standard InChI is InChI=1S/C11H22N4S/c1-3-15(4-2)7-5-10(14-12)9-11-13-6-8-16-11/h6,8,10,14H,3-5,7,9,12H2,1-2H3. The van der Waals surface area contributed by atoms with Crippen molar-refractivity contribution in [3.05, 3.63) is 16.6 Å². The third kappa shape index (κ3) is 4.57. The fourth-order valence-electron chi connectivity index (χ4n) is 1.69. The average molecular weight is 242 g/mol. The first kappa shape index (κ1) is 13.6. The molecule has 1 atom stereocenters. The first-order valence-electron chi connectivity index (χ1n) is 5.87. The molecule has 0 fully saturated rings. The lowest BCUT2D eigenvalue weighted by molar-refractivity contribution is 0.280. The van der Waals surface area contributed by atoms with Crippen molar-refractivity contribution in [2.24, 2.45) is 5.84 Å².